The summed E-state index contributed by atoms with van der Waals surface area (Å²) in [5, 5.41) is 13.9. The number of phosphoric acid groups is 1. The molecule has 0 aromatic rings. The van der Waals surface area contributed by atoms with Gasteiger partial charge in [-0.2, -0.15) is 0 Å². The number of rotatable bonds is 59. The molecule has 0 aliphatic rings. The van der Waals surface area contributed by atoms with Crippen molar-refractivity contribution in [1.82, 2.24) is 5.32 Å². The molecule has 0 aromatic carbocycles. The SMILES string of the molecule is CCCCCCCCCCCCCCCCCCCCCCCCCCCCCC/C=C/C(O)C(COP(=O)([O-])OCC[N+](C)(C)C)NC(=O)CCCCCCCCCCCCCCCCCCCCC. The Balaban J connectivity index is 4.08. The van der Waals surface area contributed by atoms with E-state index in [0.717, 1.165) is 38.5 Å². The molecule has 0 rings (SSSR count). The number of aliphatic hydroxyl groups excluding tert-OH is 1. The number of likely N-dealkylation sites (N-methyl/N-ethyl adjacent to an activating group) is 1. The Kier molecular flexibility index (Phi) is 53.5. The van der Waals surface area contributed by atoms with Crippen LogP contribution in [-0.2, 0) is 18.4 Å². The largest absolute Gasteiger partial charge is 0.756 e. The molecule has 9 heteroatoms. The van der Waals surface area contributed by atoms with Crippen LogP contribution in [0.5, 0.6) is 0 Å². The van der Waals surface area contributed by atoms with Crippen molar-refractivity contribution >= 4 is 13.7 Å². The zero-order valence-corrected chi connectivity index (χ0v) is 49.4. The molecule has 0 bridgehead atoms. The van der Waals surface area contributed by atoms with Crippen molar-refractivity contribution in [2.75, 3.05) is 40.9 Å². The zero-order valence-electron chi connectivity index (χ0n) is 48.5. The number of nitrogens with zero attached hydrogens (tertiary/aromatic N) is 1. The summed E-state index contributed by atoms with van der Waals surface area (Å²) in [5.41, 5.74) is 0. The molecular formula is C62H125N2O6P. The number of unbranched alkanes of at least 4 members (excludes halogenated alkanes) is 46. The van der Waals surface area contributed by atoms with E-state index >= 15 is 0 Å². The number of allylic oxidation sites excluding steroid dienone is 1. The highest BCUT2D eigenvalue weighted by Crippen LogP contribution is 2.38. The molecule has 0 spiro atoms. The molecule has 0 saturated heterocycles. The van der Waals surface area contributed by atoms with Crippen molar-refractivity contribution in [3.63, 3.8) is 0 Å². The van der Waals surface area contributed by atoms with Crippen LogP contribution < -0.4 is 10.2 Å². The Morgan fingerprint density at radius 3 is 1.06 bits per heavy atom. The van der Waals surface area contributed by atoms with Gasteiger partial charge in [-0.1, -0.05) is 315 Å². The summed E-state index contributed by atoms with van der Waals surface area (Å²) in [6, 6.07) is -0.882. The smallest absolute Gasteiger partial charge is 0.268 e. The number of hydrogen-bond acceptors (Lipinski definition) is 6. The standard InChI is InChI=1S/C62H125N2O6P/c1-6-8-10-12-14-16-18-20-22-24-26-27-28-29-30-31-32-33-34-35-36-38-39-41-43-45-47-49-51-53-55-61(65)60(59-70-71(67,68)69-58-57-64(3,4)5)63-62(66)56-54-52-50-48-46-44-42-40-37-25-23-21-19-17-15-13-11-9-7-2/h53,55,60-61,65H,6-52,54,56-59H2,1-5H3,(H-,63,66,67,68)/b55-53+. The van der Waals surface area contributed by atoms with E-state index in [-0.39, 0.29) is 19.1 Å². The number of amides is 1. The van der Waals surface area contributed by atoms with E-state index in [1.165, 1.54) is 270 Å². The lowest BCUT2D eigenvalue weighted by Crippen LogP contribution is -2.45. The van der Waals surface area contributed by atoms with Crippen LogP contribution in [0, 0.1) is 0 Å². The van der Waals surface area contributed by atoms with Gasteiger partial charge in [0.2, 0.25) is 5.91 Å². The molecule has 0 saturated carbocycles. The van der Waals surface area contributed by atoms with Gasteiger partial charge in [0.05, 0.1) is 39.9 Å². The van der Waals surface area contributed by atoms with Gasteiger partial charge in [-0.25, -0.2) is 0 Å². The van der Waals surface area contributed by atoms with Gasteiger partial charge in [-0.3, -0.25) is 9.36 Å². The Morgan fingerprint density at radius 2 is 0.761 bits per heavy atom. The van der Waals surface area contributed by atoms with Crippen LogP contribution in [0.2, 0.25) is 0 Å². The highest BCUT2D eigenvalue weighted by molar-refractivity contribution is 7.45. The molecule has 2 N–H and O–H groups in total. The van der Waals surface area contributed by atoms with Crippen LogP contribution in [0.15, 0.2) is 12.2 Å². The fourth-order valence-electron chi connectivity index (χ4n) is 9.81. The Labute approximate surface area is 443 Å². The second kappa shape index (κ2) is 54.0. The first-order valence-electron chi connectivity index (χ1n) is 31.6. The lowest BCUT2D eigenvalue weighted by molar-refractivity contribution is -0.870. The lowest BCUT2D eigenvalue weighted by atomic mass is 10.0. The number of carbonyl (C=O) groups excluding carboxylic acids is 1. The summed E-state index contributed by atoms with van der Waals surface area (Å²) in [6.45, 7) is 4.71. The quantitative estimate of drug-likeness (QED) is 0.0272. The third kappa shape index (κ3) is 56.8. The van der Waals surface area contributed by atoms with Gasteiger partial charge in [-0.15, -0.1) is 0 Å². The summed E-state index contributed by atoms with van der Waals surface area (Å²) < 4.78 is 23.4. The van der Waals surface area contributed by atoms with Crippen molar-refractivity contribution in [1.29, 1.82) is 0 Å². The van der Waals surface area contributed by atoms with Gasteiger partial charge < -0.3 is 28.8 Å². The maximum Gasteiger partial charge on any atom is 0.268 e. The minimum Gasteiger partial charge on any atom is -0.756 e. The van der Waals surface area contributed by atoms with Crippen molar-refractivity contribution < 1.29 is 32.9 Å². The first kappa shape index (κ1) is 70.2. The number of nitrogens with one attached hydrogen (secondary N) is 1. The van der Waals surface area contributed by atoms with Crippen molar-refractivity contribution in [3.05, 3.63) is 12.2 Å². The summed E-state index contributed by atoms with van der Waals surface area (Å²) in [7, 11) is 1.28. The van der Waals surface area contributed by atoms with Gasteiger partial charge in [0, 0.05) is 6.42 Å². The van der Waals surface area contributed by atoms with Crippen molar-refractivity contribution in [3.8, 4) is 0 Å². The van der Waals surface area contributed by atoms with Crippen molar-refractivity contribution in [2.24, 2.45) is 0 Å². The van der Waals surface area contributed by atoms with Crippen molar-refractivity contribution in [2.45, 2.75) is 341 Å². The van der Waals surface area contributed by atoms with Gasteiger partial charge >= 0.3 is 0 Å². The molecule has 1 amide bonds. The van der Waals surface area contributed by atoms with E-state index in [0.29, 0.717) is 17.4 Å². The van der Waals surface area contributed by atoms with E-state index in [4.69, 9.17) is 9.05 Å². The predicted octanol–water partition coefficient (Wildman–Crippen LogP) is 18.8. The third-order valence-corrected chi connectivity index (χ3v) is 15.7. The van der Waals surface area contributed by atoms with Crippen LogP contribution in [0.4, 0.5) is 0 Å². The minimum atomic E-state index is -4.59. The summed E-state index contributed by atoms with van der Waals surface area (Å²) in [5.74, 6) is -0.189. The molecule has 0 aliphatic heterocycles. The monoisotopic (exact) mass is 1020 g/mol. The molecular weight excluding hydrogens is 900 g/mol. The molecule has 0 aromatic heterocycles. The molecule has 0 heterocycles. The molecule has 71 heavy (non-hydrogen) atoms. The average Bonchev–Trinajstić information content (AvgIpc) is 3.33. The summed E-state index contributed by atoms with van der Waals surface area (Å²) in [4.78, 5) is 25.5. The average molecular weight is 1030 g/mol. The lowest BCUT2D eigenvalue weighted by Gasteiger charge is -2.29. The summed E-state index contributed by atoms with van der Waals surface area (Å²) >= 11 is 0. The second-order valence-electron chi connectivity index (χ2n) is 23.1. The molecule has 0 fully saturated rings. The van der Waals surface area contributed by atoms with Gasteiger partial charge in [0.15, 0.2) is 0 Å². The minimum absolute atomic E-state index is 0.00281. The maximum absolute atomic E-state index is 13.0. The highest BCUT2D eigenvalue weighted by Gasteiger charge is 2.23. The number of quaternary nitrogens is 1. The number of carbonyl (C=O) groups is 1. The van der Waals surface area contributed by atoms with Crippen LogP contribution in [-0.4, -0.2) is 68.5 Å². The third-order valence-electron chi connectivity index (χ3n) is 14.7. The normalized spacial score (nSPS) is 13.8. The van der Waals surface area contributed by atoms with Crippen LogP contribution in [0.1, 0.15) is 328 Å². The second-order valence-corrected chi connectivity index (χ2v) is 24.5. The first-order valence-corrected chi connectivity index (χ1v) is 33.0. The molecule has 424 valence electrons. The zero-order chi connectivity index (χ0) is 52.0. The van der Waals surface area contributed by atoms with Crippen LogP contribution in [0.25, 0.3) is 0 Å². The Bertz CT molecular complexity index is 1160. The van der Waals surface area contributed by atoms with E-state index < -0.39 is 20.0 Å². The van der Waals surface area contributed by atoms with Crippen LogP contribution >= 0.6 is 7.82 Å². The fourth-order valence-corrected chi connectivity index (χ4v) is 10.5. The molecule has 3 unspecified atom stereocenters. The number of hydrogen-bond donors (Lipinski definition) is 2. The van der Waals surface area contributed by atoms with E-state index in [1.807, 2.05) is 27.2 Å². The molecule has 3 atom stereocenters. The Hall–Kier alpha value is -0.760. The van der Waals surface area contributed by atoms with E-state index in [1.54, 1.807) is 6.08 Å². The van der Waals surface area contributed by atoms with Gasteiger partial charge in [-0.05, 0) is 19.3 Å². The first-order chi connectivity index (χ1) is 34.5. The van der Waals surface area contributed by atoms with Gasteiger partial charge in [0.1, 0.15) is 13.2 Å². The molecule has 0 aliphatic carbocycles. The molecule has 0 radical (unpaired) electrons. The van der Waals surface area contributed by atoms with Gasteiger partial charge in [0.25, 0.3) is 7.82 Å². The molecule has 8 nitrogen and oxygen atoms in total. The van der Waals surface area contributed by atoms with E-state index in [2.05, 4.69) is 19.2 Å². The number of aliphatic hydroxyl groups is 1. The fraction of sp³-hybridized carbons (Fsp3) is 0.952. The van der Waals surface area contributed by atoms with Crippen LogP contribution in [0.3, 0.4) is 0 Å². The summed E-state index contributed by atoms with van der Waals surface area (Å²) in [6.07, 6.45) is 67.4. The Morgan fingerprint density at radius 1 is 0.479 bits per heavy atom. The predicted molar refractivity (Wildman–Crippen MR) is 307 cm³/mol. The number of phosphoric ester groups is 1. The maximum atomic E-state index is 13.0. The van der Waals surface area contributed by atoms with E-state index in [9.17, 15) is 19.4 Å². The topological polar surface area (TPSA) is 108 Å². The highest BCUT2D eigenvalue weighted by atomic mass is 31.2.